The molecular formula is C25H28ClN3O3. The normalized spacial score (nSPS) is 20.9. The van der Waals surface area contributed by atoms with Gasteiger partial charge in [0.15, 0.2) is 0 Å². The molecule has 0 spiro atoms. The predicted molar refractivity (Wildman–Crippen MR) is 129 cm³/mol. The number of hydrogen-bond donors (Lipinski definition) is 1. The minimum atomic E-state index is -0.0979. The largest absolute Gasteiger partial charge is 0.491 e. The van der Waals surface area contributed by atoms with Crippen molar-refractivity contribution in [2.24, 2.45) is 0 Å². The number of pyridine rings is 1. The summed E-state index contributed by atoms with van der Waals surface area (Å²) in [6.07, 6.45) is 5.17. The summed E-state index contributed by atoms with van der Waals surface area (Å²) in [4.78, 5) is 15.5. The molecule has 2 aromatic carbocycles. The van der Waals surface area contributed by atoms with Crippen LogP contribution in [0.3, 0.4) is 0 Å². The van der Waals surface area contributed by atoms with Crippen molar-refractivity contribution in [2.45, 2.75) is 31.4 Å². The lowest BCUT2D eigenvalue weighted by molar-refractivity contribution is 0.0680. The van der Waals surface area contributed by atoms with Gasteiger partial charge in [-0.05, 0) is 74.2 Å². The quantitative estimate of drug-likeness (QED) is 0.611. The molecule has 7 heteroatoms. The van der Waals surface area contributed by atoms with Crippen LogP contribution in [0.1, 0.15) is 19.3 Å². The van der Waals surface area contributed by atoms with Gasteiger partial charge in [-0.25, -0.2) is 0 Å². The summed E-state index contributed by atoms with van der Waals surface area (Å²) in [5.41, 5.74) is 1.67. The number of halogens is 1. The summed E-state index contributed by atoms with van der Waals surface area (Å²) in [6.45, 7) is 3.30. The summed E-state index contributed by atoms with van der Waals surface area (Å²) in [5.74, 6) is 0.748. The topological polar surface area (TPSA) is 55.7 Å². The van der Waals surface area contributed by atoms with Gasteiger partial charge in [0.1, 0.15) is 12.4 Å². The van der Waals surface area contributed by atoms with Crippen molar-refractivity contribution in [1.82, 2.24) is 9.88 Å². The van der Waals surface area contributed by atoms with Crippen LogP contribution in [0.25, 0.3) is 16.5 Å². The maximum Gasteiger partial charge on any atom is 0.263 e. The van der Waals surface area contributed by atoms with E-state index >= 15 is 0 Å². The molecule has 1 unspecified atom stereocenters. The molecule has 2 saturated heterocycles. The molecule has 32 heavy (non-hydrogen) atoms. The molecule has 0 radical (unpaired) electrons. The number of likely N-dealkylation sites (N-methyl/N-ethyl adjacent to an activating group) is 1. The molecule has 6 nitrogen and oxygen atoms in total. The standard InChI is InChI=1S/C25H28ClN3O3/c1-27-18-9-10-28(15-18)19-4-7-24(23(26)14-19)29-11-8-17-13-20(5-6-22(17)25(29)30)32-16-21-3-2-12-31-21/h4-8,11,13-14,18,21,27H,2-3,9-10,12,15-16H2,1H3/t18?,21-/m0/s1. The molecular weight excluding hydrogens is 426 g/mol. The van der Waals surface area contributed by atoms with Crippen LogP contribution in [0.5, 0.6) is 5.75 Å². The number of benzene rings is 2. The second-order valence-electron chi connectivity index (χ2n) is 8.54. The van der Waals surface area contributed by atoms with E-state index in [0.29, 0.717) is 28.7 Å². The second kappa shape index (κ2) is 9.14. The van der Waals surface area contributed by atoms with Crippen molar-refractivity contribution in [3.63, 3.8) is 0 Å². The Hall–Kier alpha value is -2.54. The fraction of sp³-hybridized carbons (Fsp3) is 0.400. The van der Waals surface area contributed by atoms with Gasteiger partial charge in [-0.15, -0.1) is 0 Å². The van der Waals surface area contributed by atoms with E-state index in [1.807, 2.05) is 49.5 Å². The maximum absolute atomic E-state index is 13.2. The molecule has 1 aromatic heterocycles. The number of aromatic nitrogens is 1. The highest BCUT2D eigenvalue weighted by Gasteiger charge is 2.22. The lowest BCUT2D eigenvalue weighted by Gasteiger charge is -2.20. The molecule has 0 saturated carbocycles. The van der Waals surface area contributed by atoms with Crippen LogP contribution in [0, 0.1) is 0 Å². The van der Waals surface area contributed by atoms with Crippen molar-refractivity contribution in [3.8, 4) is 11.4 Å². The molecule has 2 aliphatic rings. The Labute approximate surface area is 192 Å². The highest BCUT2D eigenvalue weighted by atomic mass is 35.5. The van der Waals surface area contributed by atoms with Crippen LogP contribution < -0.4 is 20.5 Å². The molecule has 3 aromatic rings. The van der Waals surface area contributed by atoms with Crippen LogP contribution in [0.4, 0.5) is 5.69 Å². The lowest BCUT2D eigenvalue weighted by Crippen LogP contribution is -2.29. The van der Waals surface area contributed by atoms with E-state index in [1.54, 1.807) is 10.8 Å². The summed E-state index contributed by atoms with van der Waals surface area (Å²) in [7, 11) is 2.00. The van der Waals surface area contributed by atoms with Crippen molar-refractivity contribution in [2.75, 3.05) is 38.3 Å². The Kier molecular flexibility index (Phi) is 6.09. The van der Waals surface area contributed by atoms with E-state index in [-0.39, 0.29) is 11.7 Å². The average Bonchev–Trinajstić information content (AvgIpc) is 3.50. The monoisotopic (exact) mass is 453 g/mol. The molecule has 2 fully saturated rings. The van der Waals surface area contributed by atoms with Gasteiger partial charge in [0.25, 0.3) is 5.56 Å². The van der Waals surface area contributed by atoms with Gasteiger partial charge in [0.05, 0.1) is 16.8 Å². The van der Waals surface area contributed by atoms with Crippen molar-refractivity contribution in [1.29, 1.82) is 0 Å². The van der Waals surface area contributed by atoms with Gasteiger partial charge < -0.3 is 19.7 Å². The number of ether oxygens (including phenoxy) is 2. The van der Waals surface area contributed by atoms with E-state index < -0.39 is 0 Å². The molecule has 168 valence electrons. The predicted octanol–water partition coefficient (Wildman–Crippen LogP) is 4.00. The zero-order chi connectivity index (χ0) is 22.1. The SMILES string of the molecule is CNC1CCN(c2ccc(-n3ccc4cc(OC[C@@H]5CCCO5)ccc4c3=O)c(Cl)c2)C1. The first-order chi connectivity index (χ1) is 15.6. The highest BCUT2D eigenvalue weighted by molar-refractivity contribution is 6.32. The molecule has 5 rings (SSSR count). The van der Waals surface area contributed by atoms with Crippen molar-refractivity contribution >= 4 is 28.1 Å². The number of fused-ring (bicyclic) bond motifs is 1. The van der Waals surface area contributed by atoms with E-state index in [1.165, 1.54) is 0 Å². The summed E-state index contributed by atoms with van der Waals surface area (Å²) < 4.78 is 13.1. The van der Waals surface area contributed by atoms with Crippen LogP contribution >= 0.6 is 11.6 Å². The van der Waals surface area contributed by atoms with Gasteiger partial charge in [0.2, 0.25) is 0 Å². The van der Waals surface area contributed by atoms with E-state index in [4.69, 9.17) is 21.1 Å². The number of nitrogens with zero attached hydrogens (tertiary/aromatic N) is 2. The zero-order valence-electron chi connectivity index (χ0n) is 18.2. The maximum atomic E-state index is 13.2. The Bertz CT molecular complexity index is 1170. The van der Waals surface area contributed by atoms with E-state index in [9.17, 15) is 4.79 Å². The summed E-state index contributed by atoms with van der Waals surface area (Å²) in [6, 6.07) is 13.9. The van der Waals surface area contributed by atoms with E-state index in [2.05, 4.69) is 10.2 Å². The van der Waals surface area contributed by atoms with Crippen molar-refractivity contribution < 1.29 is 9.47 Å². The minimum Gasteiger partial charge on any atom is -0.491 e. The molecule has 2 aliphatic heterocycles. The van der Waals surface area contributed by atoms with Crippen LogP contribution in [0.2, 0.25) is 5.02 Å². The first kappa shape index (κ1) is 21.3. The first-order valence-electron chi connectivity index (χ1n) is 11.2. The fourth-order valence-corrected chi connectivity index (χ4v) is 4.85. The van der Waals surface area contributed by atoms with Gasteiger partial charge in [-0.2, -0.15) is 0 Å². The third kappa shape index (κ3) is 4.22. The minimum absolute atomic E-state index is 0.0979. The Morgan fingerprint density at radius 3 is 2.84 bits per heavy atom. The van der Waals surface area contributed by atoms with Crippen molar-refractivity contribution in [3.05, 3.63) is 64.0 Å². The Balaban J connectivity index is 1.38. The Morgan fingerprint density at radius 2 is 2.09 bits per heavy atom. The third-order valence-corrected chi connectivity index (χ3v) is 6.79. The molecule has 1 N–H and O–H groups in total. The number of nitrogens with one attached hydrogen (secondary N) is 1. The molecule has 3 heterocycles. The van der Waals surface area contributed by atoms with Gasteiger partial charge in [-0.1, -0.05) is 11.6 Å². The van der Waals surface area contributed by atoms with Crippen LogP contribution in [0.15, 0.2) is 53.5 Å². The molecule has 0 amide bonds. The summed E-state index contributed by atoms with van der Waals surface area (Å²) >= 11 is 6.63. The van der Waals surface area contributed by atoms with Crippen LogP contribution in [-0.2, 0) is 4.74 Å². The average molecular weight is 454 g/mol. The highest BCUT2D eigenvalue weighted by Crippen LogP contribution is 2.29. The second-order valence-corrected chi connectivity index (χ2v) is 8.95. The smallest absolute Gasteiger partial charge is 0.263 e. The van der Waals surface area contributed by atoms with Gasteiger partial charge >= 0.3 is 0 Å². The summed E-state index contributed by atoms with van der Waals surface area (Å²) in [5, 5.41) is 5.37. The lowest BCUT2D eigenvalue weighted by atomic mass is 10.1. The number of anilines is 1. The van der Waals surface area contributed by atoms with Crippen LogP contribution in [-0.4, -0.2) is 50.1 Å². The molecule has 0 bridgehead atoms. The zero-order valence-corrected chi connectivity index (χ0v) is 19.0. The molecule has 2 atom stereocenters. The Morgan fingerprint density at radius 1 is 1.19 bits per heavy atom. The van der Waals surface area contributed by atoms with E-state index in [0.717, 1.165) is 55.8 Å². The molecule has 0 aliphatic carbocycles. The number of hydrogen-bond acceptors (Lipinski definition) is 5. The fourth-order valence-electron chi connectivity index (χ4n) is 4.59. The van der Waals surface area contributed by atoms with Gasteiger partial charge in [0, 0.05) is 43.0 Å². The third-order valence-electron chi connectivity index (χ3n) is 6.49. The first-order valence-corrected chi connectivity index (χ1v) is 11.6. The number of rotatable bonds is 6. The van der Waals surface area contributed by atoms with Gasteiger partial charge in [-0.3, -0.25) is 9.36 Å².